The van der Waals surface area contributed by atoms with Gasteiger partial charge in [0.05, 0.1) is 6.54 Å². The molecule has 1 aliphatic heterocycles. The Morgan fingerprint density at radius 3 is 2.80 bits per heavy atom. The van der Waals surface area contributed by atoms with E-state index in [0.717, 1.165) is 0 Å². The molecule has 1 amide bonds. The molecule has 1 heterocycles. The van der Waals surface area contributed by atoms with Gasteiger partial charge in [0.25, 0.3) is 0 Å². The van der Waals surface area contributed by atoms with Crippen molar-refractivity contribution in [1.82, 2.24) is 10.9 Å². The standard InChI is InChI=1S/C6H12N2O2/c1-4(2)5-3-7-8-6(9)10-5/h4-5,7H,3H2,1-2H3,(H,8,9). The van der Waals surface area contributed by atoms with Crippen LogP contribution in [0.4, 0.5) is 4.79 Å². The number of rotatable bonds is 1. The molecule has 4 heteroatoms. The molecule has 0 radical (unpaired) electrons. The number of hydrogen-bond acceptors (Lipinski definition) is 3. The van der Waals surface area contributed by atoms with Crippen LogP contribution in [-0.2, 0) is 4.74 Å². The summed E-state index contributed by atoms with van der Waals surface area (Å²) in [5.74, 6) is 0.374. The Morgan fingerprint density at radius 1 is 1.70 bits per heavy atom. The topological polar surface area (TPSA) is 50.4 Å². The molecular weight excluding hydrogens is 132 g/mol. The van der Waals surface area contributed by atoms with E-state index in [-0.39, 0.29) is 12.2 Å². The largest absolute Gasteiger partial charge is 0.444 e. The molecular formula is C6H12N2O2. The van der Waals surface area contributed by atoms with Crippen LogP contribution in [0.3, 0.4) is 0 Å². The highest BCUT2D eigenvalue weighted by atomic mass is 16.6. The fourth-order valence-electron chi connectivity index (χ4n) is 0.804. The summed E-state index contributed by atoms with van der Waals surface area (Å²) in [6.07, 6.45) is -0.376. The van der Waals surface area contributed by atoms with Crippen molar-refractivity contribution in [3.8, 4) is 0 Å². The van der Waals surface area contributed by atoms with Gasteiger partial charge in [-0.1, -0.05) is 13.8 Å². The Kier molecular flexibility index (Phi) is 2.11. The van der Waals surface area contributed by atoms with Crippen LogP contribution in [0, 0.1) is 5.92 Å². The number of nitrogens with one attached hydrogen (secondary N) is 2. The number of carbonyl (C=O) groups excluding carboxylic acids is 1. The summed E-state index contributed by atoms with van der Waals surface area (Å²) in [7, 11) is 0. The first-order valence-corrected chi connectivity index (χ1v) is 3.39. The van der Waals surface area contributed by atoms with Gasteiger partial charge >= 0.3 is 6.09 Å². The van der Waals surface area contributed by atoms with Crippen LogP contribution < -0.4 is 10.9 Å². The highest BCUT2D eigenvalue weighted by Gasteiger charge is 2.21. The highest BCUT2D eigenvalue weighted by Crippen LogP contribution is 2.07. The van der Waals surface area contributed by atoms with E-state index in [1.807, 2.05) is 13.8 Å². The second-order valence-electron chi connectivity index (χ2n) is 2.69. The SMILES string of the molecule is CC(C)C1CNNC(=O)O1. The molecule has 2 N–H and O–H groups in total. The normalized spacial score (nSPS) is 25.9. The van der Waals surface area contributed by atoms with Crippen molar-refractivity contribution in [1.29, 1.82) is 0 Å². The summed E-state index contributed by atoms with van der Waals surface area (Å²) in [6.45, 7) is 4.72. The van der Waals surface area contributed by atoms with Gasteiger partial charge in [0, 0.05) is 0 Å². The lowest BCUT2D eigenvalue weighted by molar-refractivity contribution is 0.0436. The maximum Gasteiger partial charge on any atom is 0.421 e. The molecule has 1 saturated heterocycles. The van der Waals surface area contributed by atoms with Gasteiger partial charge in [-0.15, -0.1) is 0 Å². The van der Waals surface area contributed by atoms with Gasteiger partial charge < -0.3 is 4.74 Å². The minimum Gasteiger partial charge on any atom is -0.444 e. The Balaban J connectivity index is 2.39. The average Bonchev–Trinajstić information content (AvgIpc) is 1.88. The molecule has 0 spiro atoms. The Morgan fingerprint density at radius 2 is 2.40 bits per heavy atom. The van der Waals surface area contributed by atoms with Crippen LogP contribution in [0.1, 0.15) is 13.8 Å². The van der Waals surface area contributed by atoms with Crippen molar-refractivity contribution < 1.29 is 9.53 Å². The third kappa shape index (κ3) is 1.60. The van der Waals surface area contributed by atoms with Crippen LogP contribution in [0.2, 0.25) is 0 Å². The van der Waals surface area contributed by atoms with Gasteiger partial charge in [-0.25, -0.2) is 10.2 Å². The Hall–Kier alpha value is -0.770. The first kappa shape index (κ1) is 7.34. The van der Waals surface area contributed by atoms with Crippen molar-refractivity contribution in [3.63, 3.8) is 0 Å². The monoisotopic (exact) mass is 144 g/mol. The highest BCUT2D eigenvalue weighted by molar-refractivity contribution is 5.67. The summed E-state index contributed by atoms with van der Waals surface area (Å²) < 4.78 is 4.94. The second-order valence-corrected chi connectivity index (χ2v) is 2.69. The number of carbonyl (C=O) groups is 1. The molecule has 0 bridgehead atoms. The lowest BCUT2D eigenvalue weighted by atomic mass is 10.1. The number of amides is 1. The predicted octanol–water partition coefficient (Wildman–Crippen LogP) is 0.255. The molecule has 4 nitrogen and oxygen atoms in total. The van der Waals surface area contributed by atoms with Gasteiger partial charge in [0.15, 0.2) is 0 Å². The van der Waals surface area contributed by atoms with E-state index in [1.165, 1.54) is 0 Å². The predicted molar refractivity (Wildman–Crippen MR) is 36.2 cm³/mol. The van der Waals surface area contributed by atoms with Crippen molar-refractivity contribution in [2.45, 2.75) is 20.0 Å². The van der Waals surface area contributed by atoms with Crippen LogP contribution in [-0.4, -0.2) is 18.7 Å². The first-order chi connectivity index (χ1) is 4.70. The zero-order valence-corrected chi connectivity index (χ0v) is 6.18. The molecule has 1 fully saturated rings. The molecule has 0 aromatic rings. The minimum absolute atomic E-state index is 0.00810. The van der Waals surface area contributed by atoms with Gasteiger partial charge in [0.1, 0.15) is 6.10 Å². The van der Waals surface area contributed by atoms with Gasteiger partial charge in [0.2, 0.25) is 0 Å². The number of hydrogen-bond donors (Lipinski definition) is 2. The maximum atomic E-state index is 10.6. The van der Waals surface area contributed by atoms with E-state index in [1.54, 1.807) is 0 Å². The molecule has 1 aliphatic rings. The van der Waals surface area contributed by atoms with E-state index in [2.05, 4.69) is 10.9 Å². The maximum absolute atomic E-state index is 10.6. The molecule has 0 aromatic heterocycles. The van der Waals surface area contributed by atoms with E-state index in [0.29, 0.717) is 12.5 Å². The summed E-state index contributed by atoms with van der Waals surface area (Å²) >= 11 is 0. The van der Waals surface area contributed by atoms with Crippen LogP contribution in [0.25, 0.3) is 0 Å². The summed E-state index contributed by atoms with van der Waals surface area (Å²) in [5.41, 5.74) is 5.10. The zero-order chi connectivity index (χ0) is 7.56. The summed E-state index contributed by atoms with van der Waals surface area (Å²) in [5, 5.41) is 0. The molecule has 1 atom stereocenters. The van der Waals surface area contributed by atoms with E-state index < -0.39 is 0 Å². The molecule has 58 valence electrons. The van der Waals surface area contributed by atoms with Crippen molar-refractivity contribution in [2.24, 2.45) is 5.92 Å². The minimum atomic E-state index is -0.384. The van der Waals surface area contributed by atoms with E-state index in [9.17, 15) is 4.79 Å². The molecule has 0 aliphatic carbocycles. The number of cyclic esters (lactones) is 1. The number of ether oxygens (including phenoxy) is 1. The fraction of sp³-hybridized carbons (Fsp3) is 0.833. The smallest absolute Gasteiger partial charge is 0.421 e. The molecule has 0 aromatic carbocycles. The second kappa shape index (κ2) is 2.88. The van der Waals surface area contributed by atoms with Crippen LogP contribution in [0.5, 0.6) is 0 Å². The lowest BCUT2D eigenvalue weighted by Crippen LogP contribution is -2.51. The molecule has 1 rings (SSSR count). The van der Waals surface area contributed by atoms with Crippen LogP contribution >= 0.6 is 0 Å². The first-order valence-electron chi connectivity index (χ1n) is 3.39. The van der Waals surface area contributed by atoms with Gasteiger partial charge in [-0.05, 0) is 5.92 Å². The third-order valence-corrected chi connectivity index (χ3v) is 1.50. The Bertz CT molecular complexity index is 136. The van der Waals surface area contributed by atoms with E-state index in [4.69, 9.17) is 4.74 Å². The lowest BCUT2D eigenvalue weighted by Gasteiger charge is -2.26. The number of hydrazine groups is 1. The average molecular weight is 144 g/mol. The van der Waals surface area contributed by atoms with Crippen molar-refractivity contribution in [3.05, 3.63) is 0 Å². The summed E-state index contributed by atoms with van der Waals surface area (Å²) in [4.78, 5) is 10.6. The Labute approximate surface area is 59.9 Å². The van der Waals surface area contributed by atoms with E-state index >= 15 is 0 Å². The van der Waals surface area contributed by atoms with Crippen molar-refractivity contribution >= 4 is 6.09 Å². The fourth-order valence-corrected chi connectivity index (χ4v) is 0.804. The van der Waals surface area contributed by atoms with Crippen LogP contribution in [0.15, 0.2) is 0 Å². The third-order valence-electron chi connectivity index (χ3n) is 1.50. The molecule has 10 heavy (non-hydrogen) atoms. The quantitative estimate of drug-likeness (QED) is 0.555. The zero-order valence-electron chi connectivity index (χ0n) is 6.18. The van der Waals surface area contributed by atoms with Gasteiger partial charge in [-0.3, -0.25) is 5.43 Å². The van der Waals surface area contributed by atoms with Crippen molar-refractivity contribution in [2.75, 3.05) is 6.54 Å². The molecule has 0 saturated carbocycles. The van der Waals surface area contributed by atoms with Gasteiger partial charge in [-0.2, -0.15) is 0 Å². The molecule has 1 unspecified atom stereocenters. The summed E-state index contributed by atoms with van der Waals surface area (Å²) in [6, 6.07) is 0.